The molecule has 0 amide bonds. The van der Waals surface area contributed by atoms with E-state index in [0.717, 1.165) is 76.4 Å². The summed E-state index contributed by atoms with van der Waals surface area (Å²) in [5, 5.41) is 9.85. The molecule has 8 aromatic rings. The predicted octanol–water partition coefficient (Wildman–Crippen LogP) is 6.92. The number of hydrogen-bond donors (Lipinski definition) is 0. The van der Waals surface area contributed by atoms with Gasteiger partial charge in [0.2, 0.25) is 27.2 Å². The lowest BCUT2D eigenvalue weighted by atomic mass is 9.99. The Morgan fingerprint density at radius 1 is 0.510 bits per heavy atom. The van der Waals surface area contributed by atoms with Crippen LogP contribution in [0.25, 0.3) is 64.9 Å². The van der Waals surface area contributed by atoms with E-state index in [1.165, 1.54) is 0 Å². The van der Waals surface area contributed by atoms with Crippen LogP contribution in [-0.2, 0) is 14.1 Å². The zero-order chi connectivity index (χ0) is 33.5. The van der Waals surface area contributed by atoms with E-state index in [0.29, 0.717) is 45.8 Å². The SMILES string of the molecule is Cn1c(=Nc2c3c4c(ccc3c3ccc5cc6c(cc5c3[n+]2C)OCO6)OCO4)c2c3c(ccc2c2ccc4cc5c(cc4c21)OCO5)OCO3. The van der Waals surface area contributed by atoms with Crippen LogP contribution in [0.4, 0.5) is 5.82 Å². The molecule has 0 radical (unpaired) electrons. The van der Waals surface area contributed by atoms with Gasteiger partial charge >= 0.3 is 5.82 Å². The van der Waals surface area contributed by atoms with Gasteiger partial charge in [0.25, 0.3) is 5.49 Å². The van der Waals surface area contributed by atoms with E-state index in [2.05, 4.69) is 57.7 Å². The van der Waals surface area contributed by atoms with Crippen molar-refractivity contribution in [3.8, 4) is 46.0 Å². The van der Waals surface area contributed by atoms with Crippen LogP contribution in [0.5, 0.6) is 46.0 Å². The molecule has 0 spiro atoms. The minimum atomic E-state index is 0.129. The van der Waals surface area contributed by atoms with E-state index >= 15 is 0 Å². The quantitative estimate of drug-likeness (QED) is 0.137. The van der Waals surface area contributed by atoms with Crippen LogP contribution in [0.15, 0.2) is 77.8 Å². The topological polar surface area (TPSA) is 95.0 Å². The van der Waals surface area contributed by atoms with Crippen LogP contribution in [0.3, 0.4) is 0 Å². The minimum Gasteiger partial charge on any atom is -0.454 e. The van der Waals surface area contributed by atoms with E-state index in [1.807, 2.05) is 38.4 Å². The summed E-state index contributed by atoms with van der Waals surface area (Å²) >= 11 is 0. The number of fused-ring (bicyclic) bond motifs is 16. The second-order valence-electron chi connectivity index (χ2n) is 13.1. The van der Waals surface area contributed by atoms with Gasteiger partial charge in [-0.05, 0) is 70.4 Å². The highest BCUT2D eigenvalue weighted by molar-refractivity contribution is 6.19. The second-order valence-corrected chi connectivity index (χ2v) is 13.1. The van der Waals surface area contributed by atoms with Crippen molar-refractivity contribution >= 4 is 70.7 Å². The normalized spacial score (nSPS) is 15.5. The summed E-state index contributed by atoms with van der Waals surface area (Å²) in [7, 11) is 4.09. The number of nitrogens with zero attached hydrogens (tertiary/aromatic N) is 3. The Labute approximate surface area is 287 Å². The van der Waals surface area contributed by atoms with Crippen LogP contribution in [0.1, 0.15) is 0 Å². The number of pyridine rings is 2. The van der Waals surface area contributed by atoms with Crippen molar-refractivity contribution in [2.24, 2.45) is 19.1 Å². The first kappa shape index (κ1) is 27.2. The third-order valence-corrected chi connectivity index (χ3v) is 10.6. The molecule has 51 heavy (non-hydrogen) atoms. The Kier molecular flexibility index (Phi) is 5.09. The smallest absolute Gasteiger partial charge is 0.337 e. The summed E-state index contributed by atoms with van der Waals surface area (Å²) in [6.45, 7) is 0.649. The standard InChI is InChI=1S/C40H26N3O8/c1-42-35-23(5-3-19-11-29-31(13-25(19)35)48-15-46-29)21-7-9-27-37(50-17-44-27)33(21)39(42)41-40-34-22(8-10-28-38(34)51-18-45-28)24-6-4-20-12-30-32(49-16-47-30)14-26(20)36(24)43(40)2/h3-14H,15-18H2,1-2H3/q+1. The van der Waals surface area contributed by atoms with Gasteiger partial charge in [0.15, 0.2) is 46.0 Å². The first-order valence-corrected chi connectivity index (χ1v) is 16.6. The highest BCUT2D eigenvalue weighted by atomic mass is 16.7. The largest absolute Gasteiger partial charge is 0.454 e. The Morgan fingerprint density at radius 3 is 1.71 bits per heavy atom. The molecule has 248 valence electrons. The number of aromatic nitrogens is 2. The summed E-state index contributed by atoms with van der Waals surface area (Å²) in [6.07, 6.45) is 0. The molecule has 0 bridgehead atoms. The lowest BCUT2D eigenvalue weighted by Gasteiger charge is -2.15. The Balaban J connectivity index is 1.30. The van der Waals surface area contributed by atoms with Crippen LogP contribution >= 0.6 is 0 Å². The molecule has 0 aliphatic carbocycles. The monoisotopic (exact) mass is 676 g/mol. The summed E-state index contributed by atoms with van der Waals surface area (Å²) in [5.74, 6) is 6.26. The van der Waals surface area contributed by atoms with Crippen molar-refractivity contribution in [3.05, 3.63) is 78.3 Å². The van der Waals surface area contributed by atoms with Gasteiger partial charge in [-0.1, -0.05) is 18.2 Å². The number of benzene rings is 6. The molecule has 2 aromatic heterocycles. The van der Waals surface area contributed by atoms with Gasteiger partial charge in [-0.15, -0.1) is 0 Å². The van der Waals surface area contributed by atoms with Crippen molar-refractivity contribution in [1.29, 1.82) is 0 Å². The highest BCUT2D eigenvalue weighted by Crippen LogP contribution is 2.47. The molecule has 4 aliphatic rings. The van der Waals surface area contributed by atoms with Crippen molar-refractivity contribution < 1.29 is 42.5 Å². The number of ether oxygens (including phenoxy) is 8. The third kappa shape index (κ3) is 3.51. The molecule has 0 N–H and O–H groups in total. The van der Waals surface area contributed by atoms with Gasteiger partial charge in [0.1, 0.15) is 10.9 Å². The molecule has 0 atom stereocenters. The Bertz CT molecular complexity index is 3030. The number of aryl methyl sites for hydroxylation is 2. The fourth-order valence-electron chi connectivity index (χ4n) is 8.30. The average Bonchev–Trinajstić information content (AvgIpc) is 3.98. The first-order chi connectivity index (χ1) is 25.1. The van der Waals surface area contributed by atoms with Crippen molar-refractivity contribution in [1.82, 2.24) is 4.57 Å². The minimum absolute atomic E-state index is 0.129. The van der Waals surface area contributed by atoms with Gasteiger partial charge < -0.3 is 42.5 Å². The molecule has 6 aromatic carbocycles. The van der Waals surface area contributed by atoms with Gasteiger partial charge in [-0.3, -0.25) is 0 Å². The summed E-state index contributed by atoms with van der Waals surface area (Å²) in [6, 6.07) is 24.8. The molecular weight excluding hydrogens is 650 g/mol. The second kappa shape index (κ2) is 9.54. The van der Waals surface area contributed by atoms with Crippen LogP contribution in [-0.4, -0.2) is 31.7 Å². The van der Waals surface area contributed by atoms with Crippen LogP contribution < -0.4 is 47.9 Å². The van der Waals surface area contributed by atoms with E-state index in [9.17, 15) is 0 Å². The molecule has 0 saturated carbocycles. The van der Waals surface area contributed by atoms with Crippen molar-refractivity contribution in [2.75, 3.05) is 27.2 Å². The predicted molar refractivity (Wildman–Crippen MR) is 188 cm³/mol. The van der Waals surface area contributed by atoms with E-state index < -0.39 is 0 Å². The van der Waals surface area contributed by atoms with E-state index in [4.69, 9.17) is 42.9 Å². The fourth-order valence-corrected chi connectivity index (χ4v) is 8.30. The molecule has 11 heteroatoms. The molecule has 0 fully saturated rings. The summed E-state index contributed by atoms with van der Waals surface area (Å²) in [4.78, 5) is 5.65. The number of rotatable bonds is 1. The molecule has 0 saturated heterocycles. The Hall–Kier alpha value is -6.62. The number of hydrogen-bond acceptors (Lipinski definition) is 9. The zero-order valence-corrected chi connectivity index (χ0v) is 27.4. The highest BCUT2D eigenvalue weighted by Gasteiger charge is 2.31. The van der Waals surface area contributed by atoms with E-state index in [1.54, 1.807) is 0 Å². The van der Waals surface area contributed by atoms with Crippen LogP contribution in [0, 0.1) is 0 Å². The van der Waals surface area contributed by atoms with Crippen LogP contribution in [0.2, 0.25) is 0 Å². The molecule has 0 unspecified atom stereocenters. The van der Waals surface area contributed by atoms with Gasteiger partial charge in [-0.2, -0.15) is 0 Å². The maximum Gasteiger partial charge on any atom is 0.337 e. The molecule has 4 aliphatic heterocycles. The first-order valence-electron chi connectivity index (χ1n) is 16.6. The summed E-state index contributed by atoms with van der Waals surface area (Å²) in [5.41, 5.74) is 2.67. The lowest BCUT2D eigenvalue weighted by molar-refractivity contribution is -0.629. The lowest BCUT2D eigenvalue weighted by Crippen LogP contribution is -2.32. The molecule has 11 nitrogen and oxygen atoms in total. The van der Waals surface area contributed by atoms with Crippen molar-refractivity contribution in [2.45, 2.75) is 0 Å². The Morgan fingerprint density at radius 2 is 1.02 bits per heavy atom. The zero-order valence-electron chi connectivity index (χ0n) is 27.4. The van der Waals surface area contributed by atoms with Crippen molar-refractivity contribution in [3.63, 3.8) is 0 Å². The summed E-state index contributed by atoms with van der Waals surface area (Å²) < 4.78 is 51.7. The third-order valence-electron chi connectivity index (χ3n) is 10.6. The maximum atomic E-state index is 6.19. The average molecular weight is 677 g/mol. The maximum absolute atomic E-state index is 6.19. The molecular formula is C40H26N3O8+. The van der Waals surface area contributed by atoms with Gasteiger partial charge in [0.05, 0.1) is 18.0 Å². The van der Waals surface area contributed by atoms with Gasteiger partial charge in [-0.25, -0.2) is 4.57 Å². The molecule has 6 heterocycles. The molecule has 12 rings (SSSR count). The van der Waals surface area contributed by atoms with E-state index in [-0.39, 0.29) is 27.2 Å². The fraction of sp³-hybridized carbons (Fsp3) is 0.150. The van der Waals surface area contributed by atoms with Gasteiger partial charge in [0, 0.05) is 39.4 Å².